The molecule has 2 saturated heterocycles. The maximum Gasteiger partial charge on any atom is 0.236 e. The van der Waals surface area contributed by atoms with Crippen LogP contribution in [0.5, 0.6) is 0 Å². The summed E-state index contributed by atoms with van der Waals surface area (Å²) in [6, 6.07) is 0. The Kier molecular flexibility index (Phi) is 4.68. The number of nitrogens with zero attached hydrogens (tertiary/aromatic N) is 2. The number of carbonyl (C=O) groups is 2. The summed E-state index contributed by atoms with van der Waals surface area (Å²) < 4.78 is 0. The average Bonchev–Trinajstić information content (AvgIpc) is 2.48. The van der Waals surface area contributed by atoms with Gasteiger partial charge in [-0.25, -0.2) is 0 Å². The fourth-order valence-electron chi connectivity index (χ4n) is 3.17. The molecule has 2 heterocycles. The van der Waals surface area contributed by atoms with E-state index < -0.39 is 0 Å². The second kappa shape index (κ2) is 6.12. The summed E-state index contributed by atoms with van der Waals surface area (Å²) in [5, 5.41) is 2.88. The molecule has 114 valence electrons. The van der Waals surface area contributed by atoms with Gasteiger partial charge in [0.05, 0.1) is 6.54 Å². The summed E-state index contributed by atoms with van der Waals surface area (Å²) in [7, 11) is 0. The molecule has 0 aromatic carbocycles. The first-order chi connectivity index (χ1) is 9.38. The van der Waals surface area contributed by atoms with E-state index in [0.29, 0.717) is 25.4 Å². The molecule has 5 heteroatoms. The van der Waals surface area contributed by atoms with Gasteiger partial charge in [-0.15, -0.1) is 0 Å². The van der Waals surface area contributed by atoms with Crippen molar-refractivity contribution in [2.24, 2.45) is 5.92 Å². The molecule has 2 aliphatic heterocycles. The Balaban J connectivity index is 1.96. The van der Waals surface area contributed by atoms with E-state index in [4.69, 9.17) is 0 Å². The summed E-state index contributed by atoms with van der Waals surface area (Å²) in [6.07, 6.45) is 2.78. The third-order valence-corrected chi connectivity index (χ3v) is 4.49. The zero-order valence-corrected chi connectivity index (χ0v) is 12.9. The molecule has 1 N–H and O–H groups in total. The number of likely N-dealkylation sites (tertiary alicyclic amines) is 1. The molecular formula is C15H27N3O2. The highest BCUT2D eigenvalue weighted by Crippen LogP contribution is 2.21. The zero-order chi connectivity index (χ0) is 14.8. The molecule has 1 atom stereocenters. The number of rotatable bonds is 2. The van der Waals surface area contributed by atoms with Gasteiger partial charge in [-0.1, -0.05) is 6.92 Å². The Hall–Kier alpha value is -1.10. The molecule has 2 fully saturated rings. The average molecular weight is 281 g/mol. The molecule has 2 amide bonds. The first-order valence-corrected chi connectivity index (χ1v) is 7.68. The van der Waals surface area contributed by atoms with Crippen LogP contribution in [0.3, 0.4) is 0 Å². The second-order valence-corrected chi connectivity index (χ2v) is 6.85. The lowest BCUT2D eigenvalue weighted by Crippen LogP contribution is -2.51. The van der Waals surface area contributed by atoms with Gasteiger partial charge in [0.1, 0.15) is 0 Å². The van der Waals surface area contributed by atoms with Gasteiger partial charge in [-0.05, 0) is 32.6 Å². The third-order valence-electron chi connectivity index (χ3n) is 4.49. The lowest BCUT2D eigenvalue weighted by Gasteiger charge is -2.38. The molecule has 0 saturated carbocycles. The van der Waals surface area contributed by atoms with Crippen molar-refractivity contribution in [1.29, 1.82) is 0 Å². The van der Waals surface area contributed by atoms with Crippen LogP contribution in [-0.2, 0) is 9.59 Å². The molecule has 0 aromatic heterocycles. The van der Waals surface area contributed by atoms with E-state index in [9.17, 15) is 9.59 Å². The van der Waals surface area contributed by atoms with E-state index in [-0.39, 0.29) is 17.4 Å². The van der Waals surface area contributed by atoms with Crippen LogP contribution in [0.25, 0.3) is 0 Å². The van der Waals surface area contributed by atoms with Crippen LogP contribution in [0.4, 0.5) is 0 Å². The molecule has 0 aromatic rings. The Bertz CT molecular complexity index is 381. The fraction of sp³-hybridized carbons (Fsp3) is 0.867. The lowest BCUT2D eigenvalue weighted by molar-refractivity contribution is -0.136. The van der Waals surface area contributed by atoms with Crippen LogP contribution in [0.2, 0.25) is 0 Å². The molecule has 0 bridgehead atoms. The molecule has 0 spiro atoms. The highest BCUT2D eigenvalue weighted by molar-refractivity contribution is 5.80. The Labute approximate surface area is 121 Å². The topological polar surface area (TPSA) is 52.7 Å². The zero-order valence-electron chi connectivity index (χ0n) is 12.9. The Morgan fingerprint density at radius 3 is 2.85 bits per heavy atom. The fourth-order valence-corrected chi connectivity index (χ4v) is 3.17. The largest absolute Gasteiger partial charge is 0.355 e. The molecular weight excluding hydrogens is 254 g/mol. The predicted octanol–water partition coefficient (Wildman–Crippen LogP) is 0.845. The molecule has 1 unspecified atom stereocenters. The van der Waals surface area contributed by atoms with Gasteiger partial charge in [0.2, 0.25) is 11.8 Å². The second-order valence-electron chi connectivity index (χ2n) is 6.85. The van der Waals surface area contributed by atoms with E-state index in [1.54, 1.807) is 0 Å². The van der Waals surface area contributed by atoms with Crippen LogP contribution in [0, 0.1) is 5.92 Å². The minimum absolute atomic E-state index is 0.0801. The predicted molar refractivity (Wildman–Crippen MR) is 78.3 cm³/mol. The van der Waals surface area contributed by atoms with Crippen molar-refractivity contribution < 1.29 is 9.59 Å². The number of amides is 2. The van der Waals surface area contributed by atoms with Crippen molar-refractivity contribution in [2.45, 2.75) is 45.6 Å². The summed E-state index contributed by atoms with van der Waals surface area (Å²) in [4.78, 5) is 28.2. The van der Waals surface area contributed by atoms with E-state index in [2.05, 4.69) is 17.1 Å². The van der Waals surface area contributed by atoms with Crippen LogP contribution in [-0.4, -0.2) is 59.9 Å². The first kappa shape index (κ1) is 15.3. The number of nitrogens with one attached hydrogen (secondary N) is 1. The van der Waals surface area contributed by atoms with E-state index >= 15 is 0 Å². The van der Waals surface area contributed by atoms with E-state index in [1.807, 2.05) is 18.7 Å². The third kappa shape index (κ3) is 3.72. The highest BCUT2D eigenvalue weighted by Gasteiger charge is 2.34. The SMILES string of the molecule is CC1CCCN(C(=O)CN2CCNC(=O)CC2(C)C)C1. The van der Waals surface area contributed by atoms with E-state index in [0.717, 1.165) is 26.1 Å². The number of piperidine rings is 1. The van der Waals surface area contributed by atoms with Gasteiger partial charge in [0.15, 0.2) is 0 Å². The van der Waals surface area contributed by atoms with Crippen LogP contribution < -0.4 is 5.32 Å². The van der Waals surface area contributed by atoms with Crippen molar-refractivity contribution in [1.82, 2.24) is 15.1 Å². The number of hydrogen-bond donors (Lipinski definition) is 1. The minimum atomic E-state index is -0.252. The van der Waals surface area contributed by atoms with Crippen molar-refractivity contribution >= 4 is 11.8 Å². The van der Waals surface area contributed by atoms with Crippen molar-refractivity contribution in [3.63, 3.8) is 0 Å². The molecule has 0 radical (unpaired) electrons. The van der Waals surface area contributed by atoms with Gasteiger partial charge in [-0.2, -0.15) is 0 Å². The van der Waals surface area contributed by atoms with Gasteiger partial charge < -0.3 is 10.2 Å². The van der Waals surface area contributed by atoms with E-state index in [1.165, 1.54) is 6.42 Å². The van der Waals surface area contributed by atoms with Gasteiger partial charge in [0.25, 0.3) is 0 Å². The van der Waals surface area contributed by atoms with Crippen LogP contribution in [0.15, 0.2) is 0 Å². The Morgan fingerprint density at radius 2 is 2.15 bits per heavy atom. The monoisotopic (exact) mass is 281 g/mol. The van der Waals surface area contributed by atoms with Gasteiger partial charge in [-0.3, -0.25) is 14.5 Å². The summed E-state index contributed by atoms with van der Waals surface area (Å²) in [5.74, 6) is 0.892. The summed E-state index contributed by atoms with van der Waals surface area (Å²) in [6.45, 7) is 9.86. The molecule has 2 aliphatic rings. The first-order valence-electron chi connectivity index (χ1n) is 7.68. The maximum atomic E-state index is 12.5. The Morgan fingerprint density at radius 1 is 1.40 bits per heavy atom. The number of carbonyl (C=O) groups excluding carboxylic acids is 2. The van der Waals surface area contributed by atoms with Gasteiger partial charge >= 0.3 is 0 Å². The normalized spacial score (nSPS) is 27.9. The summed E-state index contributed by atoms with van der Waals surface area (Å²) >= 11 is 0. The summed E-state index contributed by atoms with van der Waals surface area (Å²) in [5.41, 5.74) is -0.252. The highest BCUT2D eigenvalue weighted by atomic mass is 16.2. The maximum absolute atomic E-state index is 12.5. The van der Waals surface area contributed by atoms with Crippen LogP contribution in [0.1, 0.15) is 40.0 Å². The minimum Gasteiger partial charge on any atom is -0.355 e. The molecule has 5 nitrogen and oxygen atoms in total. The number of hydrogen-bond acceptors (Lipinski definition) is 3. The lowest BCUT2D eigenvalue weighted by atomic mass is 9.97. The van der Waals surface area contributed by atoms with Crippen molar-refractivity contribution in [3.8, 4) is 0 Å². The van der Waals surface area contributed by atoms with Crippen molar-refractivity contribution in [2.75, 3.05) is 32.7 Å². The van der Waals surface area contributed by atoms with Crippen molar-refractivity contribution in [3.05, 3.63) is 0 Å². The van der Waals surface area contributed by atoms with Crippen LogP contribution >= 0.6 is 0 Å². The quantitative estimate of drug-likeness (QED) is 0.816. The smallest absolute Gasteiger partial charge is 0.236 e. The molecule has 0 aliphatic carbocycles. The molecule has 20 heavy (non-hydrogen) atoms. The standard InChI is InChI=1S/C15H27N3O2/c1-12-5-4-7-17(10-12)14(20)11-18-8-6-16-13(19)9-15(18,2)3/h12H,4-11H2,1-3H3,(H,16,19). The molecule has 2 rings (SSSR count). The van der Waals surface area contributed by atoms with Gasteiger partial charge in [0, 0.05) is 38.1 Å².